The van der Waals surface area contributed by atoms with Gasteiger partial charge in [-0.1, -0.05) is 37.3 Å². The first kappa shape index (κ1) is 10.4. The van der Waals surface area contributed by atoms with Crippen molar-refractivity contribution in [3.05, 3.63) is 42.0 Å². The Bertz CT molecular complexity index is 353. The minimum Gasteiger partial charge on any atom is -0.371 e. The van der Waals surface area contributed by atoms with Gasteiger partial charge in [-0.15, -0.1) is 0 Å². The average molecular weight is 202 g/mol. The third kappa shape index (κ3) is 2.29. The van der Waals surface area contributed by atoms with Crippen LogP contribution < -0.4 is 0 Å². The van der Waals surface area contributed by atoms with Gasteiger partial charge in [-0.05, 0) is 37.0 Å². The van der Waals surface area contributed by atoms with Gasteiger partial charge in [-0.2, -0.15) is 0 Å². The topological polar surface area (TPSA) is 9.23 Å². The summed E-state index contributed by atoms with van der Waals surface area (Å²) < 4.78 is 5.79. The van der Waals surface area contributed by atoms with E-state index in [1.165, 1.54) is 11.1 Å². The van der Waals surface area contributed by atoms with Gasteiger partial charge in [0.2, 0.25) is 0 Å². The molecule has 1 aromatic carbocycles. The zero-order valence-electron chi connectivity index (χ0n) is 9.49. The molecule has 0 bridgehead atoms. The van der Waals surface area contributed by atoms with Crippen molar-refractivity contribution in [2.24, 2.45) is 0 Å². The van der Waals surface area contributed by atoms with E-state index in [9.17, 15) is 0 Å². The lowest BCUT2D eigenvalue weighted by Gasteiger charge is -2.31. The minimum absolute atomic E-state index is 0.0660. The Morgan fingerprint density at radius 1 is 1.27 bits per heavy atom. The van der Waals surface area contributed by atoms with Crippen LogP contribution in [-0.2, 0) is 4.74 Å². The molecule has 0 spiro atoms. The van der Waals surface area contributed by atoms with Gasteiger partial charge in [-0.3, -0.25) is 0 Å². The molecule has 0 N–H and O–H groups in total. The number of hydrogen-bond acceptors (Lipinski definition) is 1. The fourth-order valence-corrected chi connectivity index (χ4v) is 1.96. The SMILES string of the molecule is CCC1(C)C=C(c2ccccc2)CCO1. The van der Waals surface area contributed by atoms with Crippen LogP contribution in [0.4, 0.5) is 0 Å². The normalized spacial score (nSPS) is 26.1. The third-order valence-corrected chi connectivity index (χ3v) is 3.13. The molecule has 80 valence electrons. The van der Waals surface area contributed by atoms with Crippen LogP contribution in [0.25, 0.3) is 5.57 Å². The van der Waals surface area contributed by atoms with Crippen LogP contribution in [-0.4, -0.2) is 12.2 Å². The van der Waals surface area contributed by atoms with Crippen molar-refractivity contribution in [2.75, 3.05) is 6.61 Å². The molecule has 0 radical (unpaired) electrons. The van der Waals surface area contributed by atoms with Crippen LogP contribution >= 0.6 is 0 Å². The highest BCUT2D eigenvalue weighted by Crippen LogP contribution is 2.30. The third-order valence-electron chi connectivity index (χ3n) is 3.13. The van der Waals surface area contributed by atoms with E-state index in [0.29, 0.717) is 0 Å². The van der Waals surface area contributed by atoms with E-state index in [-0.39, 0.29) is 5.60 Å². The zero-order chi connectivity index (χ0) is 10.7. The Morgan fingerprint density at radius 2 is 2.00 bits per heavy atom. The lowest BCUT2D eigenvalue weighted by molar-refractivity contribution is -0.000361. The van der Waals surface area contributed by atoms with Crippen LogP contribution in [0.5, 0.6) is 0 Å². The first-order valence-electron chi connectivity index (χ1n) is 5.65. The highest BCUT2D eigenvalue weighted by Gasteiger charge is 2.24. The second-order valence-corrected chi connectivity index (χ2v) is 4.30. The predicted molar refractivity (Wildman–Crippen MR) is 63.7 cm³/mol. The molecule has 0 fully saturated rings. The summed E-state index contributed by atoms with van der Waals surface area (Å²) in [7, 11) is 0. The van der Waals surface area contributed by atoms with Gasteiger partial charge in [0.15, 0.2) is 0 Å². The quantitative estimate of drug-likeness (QED) is 0.711. The highest BCUT2D eigenvalue weighted by atomic mass is 16.5. The Hall–Kier alpha value is -1.08. The van der Waals surface area contributed by atoms with Crippen molar-refractivity contribution in [3.8, 4) is 0 Å². The Balaban J connectivity index is 2.30. The number of hydrogen-bond donors (Lipinski definition) is 0. The summed E-state index contributed by atoms with van der Waals surface area (Å²) in [5.41, 5.74) is 2.69. The average Bonchev–Trinajstić information content (AvgIpc) is 2.30. The fourth-order valence-electron chi connectivity index (χ4n) is 1.96. The number of rotatable bonds is 2. The molecule has 1 atom stereocenters. The summed E-state index contributed by atoms with van der Waals surface area (Å²) in [6, 6.07) is 10.6. The molecule has 1 aliphatic heterocycles. The number of ether oxygens (including phenoxy) is 1. The first-order chi connectivity index (χ1) is 7.23. The molecule has 15 heavy (non-hydrogen) atoms. The van der Waals surface area contributed by atoms with Crippen LogP contribution in [0, 0.1) is 0 Å². The molecule has 1 nitrogen and oxygen atoms in total. The fraction of sp³-hybridized carbons (Fsp3) is 0.429. The van der Waals surface area contributed by atoms with E-state index in [1.807, 2.05) is 0 Å². The molecule has 0 aliphatic carbocycles. The molecule has 0 amide bonds. The molecule has 1 heterocycles. The monoisotopic (exact) mass is 202 g/mol. The number of benzene rings is 1. The standard InChI is InChI=1S/C14H18O/c1-3-14(2)11-13(9-10-15-14)12-7-5-4-6-8-12/h4-8,11H,3,9-10H2,1-2H3. The van der Waals surface area contributed by atoms with Gasteiger partial charge in [-0.25, -0.2) is 0 Å². The van der Waals surface area contributed by atoms with E-state index in [2.05, 4.69) is 50.3 Å². The van der Waals surface area contributed by atoms with Gasteiger partial charge in [0, 0.05) is 0 Å². The van der Waals surface area contributed by atoms with Crippen LogP contribution in [0.1, 0.15) is 32.3 Å². The summed E-state index contributed by atoms with van der Waals surface area (Å²) in [4.78, 5) is 0. The molecule has 2 rings (SSSR count). The van der Waals surface area contributed by atoms with Crippen LogP contribution in [0.3, 0.4) is 0 Å². The smallest absolute Gasteiger partial charge is 0.0837 e. The summed E-state index contributed by atoms with van der Waals surface area (Å²) in [6.07, 6.45) is 4.34. The minimum atomic E-state index is -0.0660. The van der Waals surface area contributed by atoms with E-state index in [4.69, 9.17) is 4.74 Å². The van der Waals surface area contributed by atoms with Gasteiger partial charge in [0.25, 0.3) is 0 Å². The molecular formula is C14H18O. The van der Waals surface area contributed by atoms with E-state index < -0.39 is 0 Å². The molecule has 1 heteroatoms. The van der Waals surface area contributed by atoms with E-state index in [0.717, 1.165) is 19.4 Å². The summed E-state index contributed by atoms with van der Waals surface area (Å²) in [5, 5.41) is 0. The van der Waals surface area contributed by atoms with Crippen molar-refractivity contribution >= 4 is 5.57 Å². The maximum absolute atomic E-state index is 5.79. The summed E-state index contributed by atoms with van der Waals surface area (Å²) in [6.45, 7) is 5.17. The predicted octanol–water partition coefficient (Wildman–Crippen LogP) is 3.66. The molecule has 1 aliphatic rings. The van der Waals surface area contributed by atoms with Crippen molar-refractivity contribution in [2.45, 2.75) is 32.3 Å². The lowest BCUT2D eigenvalue weighted by Crippen LogP contribution is -2.29. The lowest BCUT2D eigenvalue weighted by atomic mass is 9.92. The van der Waals surface area contributed by atoms with Crippen LogP contribution in [0.2, 0.25) is 0 Å². The molecule has 1 unspecified atom stereocenters. The van der Waals surface area contributed by atoms with E-state index in [1.54, 1.807) is 0 Å². The first-order valence-corrected chi connectivity index (χ1v) is 5.65. The highest BCUT2D eigenvalue weighted by molar-refractivity contribution is 5.67. The Labute approximate surface area is 91.8 Å². The van der Waals surface area contributed by atoms with Gasteiger partial charge < -0.3 is 4.74 Å². The molecule has 0 aromatic heterocycles. The van der Waals surface area contributed by atoms with Crippen molar-refractivity contribution in [3.63, 3.8) is 0 Å². The summed E-state index contributed by atoms with van der Waals surface area (Å²) in [5.74, 6) is 0. The molecule has 1 aromatic rings. The molecule has 0 saturated heterocycles. The maximum atomic E-state index is 5.79. The van der Waals surface area contributed by atoms with Gasteiger partial charge in [0.05, 0.1) is 12.2 Å². The second-order valence-electron chi connectivity index (χ2n) is 4.30. The Morgan fingerprint density at radius 3 is 2.67 bits per heavy atom. The molecule has 0 saturated carbocycles. The van der Waals surface area contributed by atoms with E-state index >= 15 is 0 Å². The van der Waals surface area contributed by atoms with Crippen molar-refractivity contribution in [1.29, 1.82) is 0 Å². The van der Waals surface area contributed by atoms with Gasteiger partial charge in [0.1, 0.15) is 0 Å². The van der Waals surface area contributed by atoms with Crippen LogP contribution in [0.15, 0.2) is 36.4 Å². The second kappa shape index (κ2) is 4.19. The van der Waals surface area contributed by atoms with Crippen molar-refractivity contribution < 1.29 is 4.74 Å². The largest absolute Gasteiger partial charge is 0.371 e. The zero-order valence-corrected chi connectivity index (χ0v) is 9.49. The summed E-state index contributed by atoms with van der Waals surface area (Å²) >= 11 is 0. The van der Waals surface area contributed by atoms with Crippen molar-refractivity contribution in [1.82, 2.24) is 0 Å². The Kier molecular flexibility index (Phi) is 2.92. The maximum Gasteiger partial charge on any atom is 0.0837 e. The molecular weight excluding hydrogens is 184 g/mol. The van der Waals surface area contributed by atoms with Gasteiger partial charge >= 0.3 is 0 Å².